The number of carboxylic acids is 1. The molecule has 4 fully saturated rings. The smallest absolute Gasteiger partial charge is 0.307 e. The molecule has 9 nitrogen and oxygen atoms in total. The minimum atomic E-state index is -0.624. The second-order valence-electron chi connectivity index (χ2n) is 19.8. The van der Waals surface area contributed by atoms with Crippen molar-refractivity contribution >= 4 is 5.97 Å². The number of ether oxygens (including phenoxy) is 2. The minimum Gasteiger partial charge on any atom is -0.481 e. The fourth-order valence-corrected chi connectivity index (χ4v) is 12.8. The van der Waals surface area contributed by atoms with E-state index >= 15 is 0 Å². The lowest BCUT2D eigenvalue weighted by Gasteiger charge is -2.71. The number of nitrogens with zero attached hydrogens (tertiary/aromatic N) is 4. The summed E-state index contributed by atoms with van der Waals surface area (Å²) < 4.78 is 16.0. The quantitative estimate of drug-likeness (QED) is 0.249. The SMILES string of the molecule is CC(C)[C@@H](C)[C@@]1(C)CC[C@]2(C)[C@H]3CC[C@@H]4[C@@]5(COC[C@@]4(C)[C@@H](OC[C@](C)(N)C(C)C)[C@H](n4ncnc4-c4cccnc4)C5)C3=CC[C@@]2(C)[C@@H]1C(=O)O. The zero-order chi connectivity index (χ0) is 37.6. The van der Waals surface area contributed by atoms with Crippen LogP contribution in [0.25, 0.3) is 11.4 Å². The van der Waals surface area contributed by atoms with Crippen LogP contribution in [0.1, 0.15) is 114 Å². The number of rotatable bonds is 9. The lowest BCUT2D eigenvalue weighted by atomic mass is 9.34. The standard InChI is InChI=1S/C43H65N5O4/c1-26(2)28(5)38(6)17-18-40(8)30-13-14-33-39(7)22-51-24-43(33,31(30)15-16-41(40,9)34(38)37(49)50)20-32(35(39)52-23-42(10,44)27(3)4)48-36(46-25-47-48)29-12-11-19-45-21-29/h11-12,15,19,21,25-28,30,32-35H,13-14,16-18,20,22-24,44H2,1-10H3,(H,49,50)/t28-,30+,32-,33+,34-,35+,38-,39-,40-,41+,42+,43+/m1/s1. The molecule has 3 heterocycles. The predicted octanol–water partition coefficient (Wildman–Crippen LogP) is 8.23. The van der Waals surface area contributed by atoms with Gasteiger partial charge in [-0.3, -0.25) is 9.78 Å². The van der Waals surface area contributed by atoms with Crippen LogP contribution in [0.3, 0.4) is 0 Å². The van der Waals surface area contributed by atoms with Gasteiger partial charge in [-0.25, -0.2) is 9.67 Å². The number of hydrogen-bond acceptors (Lipinski definition) is 7. The Morgan fingerprint density at radius 1 is 1.12 bits per heavy atom. The molecule has 7 rings (SSSR count). The monoisotopic (exact) mass is 716 g/mol. The van der Waals surface area contributed by atoms with Crippen LogP contribution >= 0.6 is 0 Å². The summed E-state index contributed by atoms with van der Waals surface area (Å²) in [5, 5.41) is 16.1. The van der Waals surface area contributed by atoms with E-state index < -0.39 is 17.4 Å². The van der Waals surface area contributed by atoms with Gasteiger partial charge in [-0.15, -0.1) is 0 Å². The lowest BCUT2D eigenvalue weighted by molar-refractivity contribution is -0.252. The number of aliphatic carboxylic acids is 1. The van der Waals surface area contributed by atoms with Gasteiger partial charge < -0.3 is 20.3 Å². The van der Waals surface area contributed by atoms with Crippen LogP contribution < -0.4 is 5.73 Å². The fourth-order valence-electron chi connectivity index (χ4n) is 12.8. The Hall–Kier alpha value is -2.62. The molecule has 4 aliphatic carbocycles. The number of nitrogens with two attached hydrogens (primary N) is 1. The first kappa shape index (κ1) is 37.7. The van der Waals surface area contributed by atoms with Gasteiger partial charge in [0.15, 0.2) is 5.82 Å². The van der Waals surface area contributed by atoms with E-state index in [1.165, 1.54) is 5.57 Å². The Bertz CT molecular complexity index is 1690. The van der Waals surface area contributed by atoms with Crippen LogP contribution in [0, 0.1) is 62.6 Å². The Morgan fingerprint density at radius 2 is 1.87 bits per heavy atom. The fraction of sp³-hybridized carbons (Fsp3) is 0.767. The highest BCUT2D eigenvalue weighted by molar-refractivity contribution is 5.73. The molecule has 0 radical (unpaired) electrons. The highest BCUT2D eigenvalue weighted by Gasteiger charge is 2.72. The predicted molar refractivity (Wildman–Crippen MR) is 203 cm³/mol. The van der Waals surface area contributed by atoms with Gasteiger partial charge in [0.1, 0.15) is 6.33 Å². The van der Waals surface area contributed by atoms with Gasteiger partial charge >= 0.3 is 5.97 Å². The molecule has 0 amide bonds. The van der Waals surface area contributed by atoms with E-state index in [4.69, 9.17) is 25.3 Å². The molecule has 286 valence electrons. The molecule has 0 unspecified atom stereocenters. The average molecular weight is 716 g/mol. The van der Waals surface area contributed by atoms with Crippen LogP contribution in [-0.4, -0.2) is 62.3 Å². The zero-order valence-electron chi connectivity index (χ0n) is 33.5. The summed E-state index contributed by atoms with van der Waals surface area (Å²) in [6.45, 7) is 24.4. The molecule has 5 aliphatic rings. The van der Waals surface area contributed by atoms with Gasteiger partial charge in [-0.2, -0.15) is 5.10 Å². The number of pyridine rings is 1. The first-order valence-corrected chi connectivity index (χ1v) is 20.1. The molecule has 52 heavy (non-hydrogen) atoms. The average Bonchev–Trinajstić information content (AvgIpc) is 3.58. The van der Waals surface area contributed by atoms with Gasteiger partial charge in [0, 0.05) is 34.3 Å². The zero-order valence-corrected chi connectivity index (χ0v) is 33.5. The molecule has 1 aliphatic heterocycles. The number of aromatic nitrogens is 4. The molecule has 0 aromatic carbocycles. The van der Waals surface area contributed by atoms with Crippen molar-refractivity contribution in [3.8, 4) is 11.4 Å². The van der Waals surface area contributed by atoms with Crippen molar-refractivity contribution in [2.45, 2.75) is 125 Å². The largest absolute Gasteiger partial charge is 0.481 e. The second-order valence-corrected chi connectivity index (χ2v) is 19.8. The van der Waals surface area contributed by atoms with Gasteiger partial charge in [0.2, 0.25) is 0 Å². The maximum atomic E-state index is 13.6. The Kier molecular flexibility index (Phi) is 9.22. The molecule has 2 aromatic rings. The van der Waals surface area contributed by atoms with Gasteiger partial charge in [-0.05, 0) is 103 Å². The van der Waals surface area contributed by atoms with Gasteiger partial charge in [0.05, 0.1) is 37.9 Å². The van der Waals surface area contributed by atoms with Crippen molar-refractivity contribution in [3.63, 3.8) is 0 Å². The maximum Gasteiger partial charge on any atom is 0.307 e. The number of fused-ring (bicyclic) bond motifs is 3. The summed E-state index contributed by atoms with van der Waals surface area (Å²) in [6.07, 6.45) is 13.3. The van der Waals surface area contributed by atoms with Crippen LogP contribution in [0.5, 0.6) is 0 Å². The topological polar surface area (TPSA) is 125 Å². The molecule has 2 bridgehead atoms. The Morgan fingerprint density at radius 3 is 2.52 bits per heavy atom. The summed E-state index contributed by atoms with van der Waals surface area (Å²) in [5.41, 5.74) is 7.50. The van der Waals surface area contributed by atoms with Crippen molar-refractivity contribution in [2.24, 2.45) is 68.3 Å². The van der Waals surface area contributed by atoms with Crippen LogP contribution in [0.15, 0.2) is 42.5 Å². The van der Waals surface area contributed by atoms with Crippen molar-refractivity contribution in [1.29, 1.82) is 0 Å². The van der Waals surface area contributed by atoms with E-state index in [1.54, 1.807) is 12.5 Å². The van der Waals surface area contributed by atoms with E-state index in [2.05, 4.69) is 85.0 Å². The molecular weight excluding hydrogens is 651 g/mol. The molecule has 3 N–H and O–H groups in total. The molecule has 2 aromatic heterocycles. The molecule has 0 spiro atoms. The van der Waals surface area contributed by atoms with E-state index in [1.807, 2.05) is 18.3 Å². The first-order chi connectivity index (χ1) is 24.4. The van der Waals surface area contributed by atoms with E-state index in [9.17, 15) is 9.90 Å². The van der Waals surface area contributed by atoms with Crippen molar-refractivity contribution in [1.82, 2.24) is 19.7 Å². The summed E-state index contributed by atoms with van der Waals surface area (Å²) in [5.74, 6) is 1.36. The van der Waals surface area contributed by atoms with Crippen molar-refractivity contribution < 1.29 is 19.4 Å². The highest BCUT2D eigenvalue weighted by Crippen LogP contribution is 2.75. The normalized spacial score (nSPS) is 41.7. The summed E-state index contributed by atoms with van der Waals surface area (Å²) in [6, 6.07) is 3.88. The molecule has 3 saturated carbocycles. The van der Waals surface area contributed by atoms with Crippen molar-refractivity contribution in [3.05, 3.63) is 42.5 Å². The van der Waals surface area contributed by atoms with Gasteiger partial charge in [-0.1, -0.05) is 74.0 Å². The maximum absolute atomic E-state index is 13.6. The summed E-state index contributed by atoms with van der Waals surface area (Å²) >= 11 is 0. The Labute approximate surface area is 311 Å². The number of hydrogen-bond donors (Lipinski definition) is 2. The third-order valence-corrected chi connectivity index (χ3v) is 16.8. The van der Waals surface area contributed by atoms with Crippen molar-refractivity contribution in [2.75, 3.05) is 19.8 Å². The Balaban J connectivity index is 1.35. The summed E-state index contributed by atoms with van der Waals surface area (Å²) in [4.78, 5) is 22.8. The van der Waals surface area contributed by atoms with E-state index in [0.29, 0.717) is 37.6 Å². The number of allylic oxidation sites excluding steroid dienone is 1. The molecule has 9 heteroatoms. The van der Waals surface area contributed by atoms with E-state index in [0.717, 1.165) is 49.9 Å². The second kappa shape index (κ2) is 12.7. The van der Waals surface area contributed by atoms with Crippen LogP contribution in [-0.2, 0) is 14.3 Å². The number of carboxylic acid groups (broad SMARTS) is 1. The van der Waals surface area contributed by atoms with E-state index in [-0.39, 0.29) is 51.1 Å². The number of carbonyl (C=O) groups is 1. The molecule has 1 saturated heterocycles. The van der Waals surface area contributed by atoms with Crippen LogP contribution in [0.2, 0.25) is 0 Å². The third-order valence-electron chi connectivity index (χ3n) is 16.8. The minimum absolute atomic E-state index is 0.111. The first-order valence-electron chi connectivity index (χ1n) is 20.1. The molecule has 12 atom stereocenters. The lowest BCUT2D eigenvalue weighted by Crippen LogP contribution is -2.69. The van der Waals surface area contributed by atoms with Gasteiger partial charge in [0.25, 0.3) is 0 Å². The summed E-state index contributed by atoms with van der Waals surface area (Å²) in [7, 11) is 0. The molecular formula is C43H65N5O4. The van der Waals surface area contributed by atoms with Crippen LogP contribution in [0.4, 0.5) is 0 Å². The highest BCUT2D eigenvalue weighted by atomic mass is 16.5. The third kappa shape index (κ3) is 5.25.